The third kappa shape index (κ3) is 3.61. The largest absolute Gasteiger partial charge is 0.347 e. The minimum atomic E-state index is -0.252. The van der Waals surface area contributed by atoms with Crippen LogP contribution in [0.5, 0.6) is 0 Å². The Kier molecular flexibility index (Phi) is 5.21. The Morgan fingerprint density at radius 1 is 1.30 bits per heavy atom. The number of nitrogens with one attached hydrogen (secondary N) is 1. The molecule has 0 aliphatic rings. The summed E-state index contributed by atoms with van der Waals surface area (Å²) in [4.78, 5) is 15.9. The summed E-state index contributed by atoms with van der Waals surface area (Å²) >= 11 is 9.25. The number of hydrogen-bond acceptors (Lipinski definition) is 4. The van der Waals surface area contributed by atoms with E-state index in [2.05, 4.69) is 11.4 Å². The molecule has 0 saturated heterocycles. The van der Waals surface area contributed by atoms with Crippen LogP contribution in [-0.2, 0) is 4.79 Å². The molecule has 2 atom stereocenters. The van der Waals surface area contributed by atoms with Crippen LogP contribution in [0.1, 0.15) is 22.7 Å². The molecule has 2 aromatic rings. The Morgan fingerprint density at radius 3 is 2.55 bits per heavy atom. The Morgan fingerprint density at radius 2 is 2.05 bits per heavy atom. The molecule has 0 spiro atoms. The number of carbonyl (C=O) groups is 1. The van der Waals surface area contributed by atoms with E-state index >= 15 is 0 Å². The molecule has 0 saturated carbocycles. The molecule has 0 aromatic carbocycles. The van der Waals surface area contributed by atoms with Crippen molar-refractivity contribution in [3.8, 4) is 0 Å². The van der Waals surface area contributed by atoms with E-state index in [1.54, 1.807) is 41.7 Å². The normalized spacial score (nSPS) is 14.0. The van der Waals surface area contributed by atoms with Crippen molar-refractivity contribution in [2.45, 2.75) is 19.0 Å². The first-order valence-electron chi connectivity index (χ1n) is 6.25. The van der Waals surface area contributed by atoms with Gasteiger partial charge in [-0.15, -0.1) is 22.7 Å². The number of carbonyl (C=O) groups excluding carboxylic acids is 1. The summed E-state index contributed by atoms with van der Waals surface area (Å²) in [7, 11) is 3.53. The third-order valence-corrected chi connectivity index (χ3v) is 5.17. The zero-order valence-electron chi connectivity index (χ0n) is 11.6. The van der Waals surface area contributed by atoms with Crippen LogP contribution in [0.3, 0.4) is 0 Å². The van der Waals surface area contributed by atoms with Crippen LogP contribution in [0.4, 0.5) is 0 Å². The van der Waals surface area contributed by atoms with E-state index in [-0.39, 0.29) is 18.0 Å². The van der Waals surface area contributed by atoms with Crippen LogP contribution >= 0.6 is 34.3 Å². The fourth-order valence-electron chi connectivity index (χ4n) is 1.95. The van der Waals surface area contributed by atoms with Crippen molar-refractivity contribution in [3.63, 3.8) is 0 Å². The van der Waals surface area contributed by atoms with Crippen molar-refractivity contribution in [1.82, 2.24) is 10.2 Å². The number of likely N-dealkylation sites (N-methyl/N-ethyl adjacent to an activating group) is 1. The second kappa shape index (κ2) is 6.72. The van der Waals surface area contributed by atoms with Gasteiger partial charge in [-0.1, -0.05) is 17.7 Å². The lowest BCUT2D eigenvalue weighted by Gasteiger charge is -2.23. The molecule has 2 aromatic heterocycles. The second-order valence-electron chi connectivity index (χ2n) is 4.71. The van der Waals surface area contributed by atoms with Crippen LogP contribution in [-0.4, -0.2) is 30.9 Å². The minimum absolute atomic E-state index is 0.00593. The summed E-state index contributed by atoms with van der Waals surface area (Å²) in [5.74, 6) is 0.0641. The van der Waals surface area contributed by atoms with Gasteiger partial charge in [0.2, 0.25) is 5.91 Å². The van der Waals surface area contributed by atoms with Crippen molar-refractivity contribution in [1.29, 1.82) is 0 Å². The molecule has 1 N–H and O–H groups in total. The average molecular weight is 329 g/mol. The fourth-order valence-corrected chi connectivity index (χ4v) is 3.97. The summed E-state index contributed by atoms with van der Waals surface area (Å²) in [5, 5.41) is 5.44. The lowest BCUT2D eigenvalue weighted by molar-refractivity contribution is -0.130. The second-order valence-corrected chi connectivity index (χ2v) is 7.44. The Labute approximate surface area is 132 Å². The van der Waals surface area contributed by atoms with E-state index in [1.807, 2.05) is 30.5 Å². The number of halogens is 1. The highest BCUT2D eigenvalue weighted by molar-refractivity contribution is 7.16. The van der Waals surface area contributed by atoms with E-state index < -0.39 is 0 Å². The predicted octanol–water partition coefficient (Wildman–Crippen LogP) is 3.62. The van der Waals surface area contributed by atoms with Gasteiger partial charge in [0.15, 0.2) is 0 Å². The maximum Gasteiger partial charge on any atom is 0.238 e. The van der Waals surface area contributed by atoms with E-state index in [0.29, 0.717) is 0 Å². The average Bonchev–Trinajstić information content (AvgIpc) is 3.05. The van der Waals surface area contributed by atoms with Gasteiger partial charge in [-0.25, -0.2) is 0 Å². The maximum atomic E-state index is 12.0. The first-order chi connectivity index (χ1) is 9.49. The monoisotopic (exact) mass is 328 g/mol. The standard InChI is InChI=1S/C14H17ClN2OS2/c1-9(14(18)17(2)3)16-13(10-5-4-8-19-10)11-6-7-12(15)20-11/h4-9,13,16H,1-3H3. The van der Waals surface area contributed by atoms with Gasteiger partial charge < -0.3 is 4.90 Å². The van der Waals surface area contributed by atoms with Crippen LogP contribution in [0.2, 0.25) is 4.34 Å². The fraction of sp³-hybridized carbons (Fsp3) is 0.357. The Balaban J connectivity index is 2.22. The smallest absolute Gasteiger partial charge is 0.238 e. The number of amides is 1. The summed E-state index contributed by atoms with van der Waals surface area (Å²) < 4.78 is 0.759. The zero-order valence-corrected chi connectivity index (χ0v) is 14.0. The first-order valence-corrected chi connectivity index (χ1v) is 8.32. The number of hydrogen-bond donors (Lipinski definition) is 1. The van der Waals surface area contributed by atoms with E-state index in [0.717, 1.165) is 9.21 Å². The SMILES string of the molecule is CC(NC(c1cccs1)c1ccc(Cl)s1)C(=O)N(C)C. The molecule has 20 heavy (non-hydrogen) atoms. The zero-order chi connectivity index (χ0) is 14.7. The van der Waals surface area contributed by atoms with Crippen LogP contribution in [0, 0.1) is 0 Å². The summed E-state index contributed by atoms with van der Waals surface area (Å²) in [6.07, 6.45) is 0. The molecule has 6 heteroatoms. The molecule has 1 amide bonds. The van der Waals surface area contributed by atoms with Gasteiger partial charge in [-0.05, 0) is 30.5 Å². The Bertz CT molecular complexity index is 566. The molecule has 0 aliphatic carbocycles. The topological polar surface area (TPSA) is 32.3 Å². The first kappa shape index (κ1) is 15.5. The van der Waals surface area contributed by atoms with Gasteiger partial charge in [0.05, 0.1) is 16.4 Å². The van der Waals surface area contributed by atoms with Gasteiger partial charge in [0.1, 0.15) is 0 Å². The van der Waals surface area contributed by atoms with E-state index in [9.17, 15) is 4.79 Å². The molecule has 0 fully saturated rings. The molecule has 108 valence electrons. The molecule has 2 unspecified atom stereocenters. The quantitative estimate of drug-likeness (QED) is 0.909. The molecular formula is C14H17ClN2OS2. The maximum absolute atomic E-state index is 12.0. The van der Waals surface area contributed by atoms with Crippen LogP contribution in [0.25, 0.3) is 0 Å². The van der Waals surface area contributed by atoms with Crippen LogP contribution < -0.4 is 5.32 Å². The van der Waals surface area contributed by atoms with Crippen molar-refractivity contribution in [2.75, 3.05) is 14.1 Å². The predicted molar refractivity (Wildman–Crippen MR) is 86.8 cm³/mol. The molecular weight excluding hydrogens is 312 g/mol. The lowest BCUT2D eigenvalue weighted by atomic mass is 10.1. The number of rotatable bonds is 5. The van der Waals surface area contributed by atoms with Gasteiger partial charge in [-0.3, -0.25) is 10.1 Å². The lowest BCUT2D eigenvalue weighted by Crippen LogP contribution is -2.43. The van der Waals surface area contributed by atoms with Gasteiger partial charge in [0.25, 0.3) is 0 Å². The minimum Gasteiger partial charge on any atom is -0.347 e. The molecule has 2 heterocycles. The summed E-state index contributed by atoms with van der Waals surface area (Å²) in [5.41, 5.74) is 0. The van der Waals surface area contributed by atoms with Crippen molar-refractivity contribution < 1.29 is 4.79 Å². The van der Waals surface area contributed by atoms with Crippen molar-refractivity contribution >= 4 is 40.2 Å². The highest BCUT2D eigenvalue weighted by Crippen LogP contribution is 2.33. The summed E-state index contributed by atoms with van der Waals surface area (Å²) in [6.45, 7) is 1.89. The third-order valence-electron chi connectivity index (χ3n) is 2.93. The number of nitrogens with zero attached hydrogens (tertiary/aromatic N) is 1. The highest BCUT2D eigenvalue weighted by atomic mass is 35.5. The van der Waals surface area contributed by atoms with Gasteiger partial charge >= 0.3 is 0 Å². The molecule has 0 radical (unpaired) electrons. The summed E-state index contributed by atoms with van der Waals surface area (Å²) in [6, 6.07) is 7.74. The van der Waals surface area contributed by atoms with E-state index in [1.165, 1.54) is 4.88 Å². The molecule has 3 nitrogen and oxygen atoms in total. The molecule has 0 bridgehead atoms. The van der Waals surface area contributed by atoms with Gasteiger partial charge in [0, 0.05) is 23.8 Å². The molecule has 2 rings (SSSR count). The van der Waals surface area contributed by atoms with Crippen LogP contribution in [0.15, 0.2) is 29.6 Å². The van der Waals surface area contributed by atoms with Crippen molar-refractivity contribution in [3.05, 3.63) is 43.7 Å². The number of thiophene rings is 2. The Hall–Kier alpha value is -0.880. The van der Waals surface area contributed by atoms with Crippen molar-refractivity contribution in [2.24, 2.45) is 0 Å². The molecule has 0 aliphatic heterocycles. The van der Waals surface area contributed by atoms with Gasteiger partial charge in [-0.2, -0.15) is 0 Å². The highest BCUT2D eigenvalue weighted by Gasteiger charge is 2.23. The van der Waals surface area contributed by atoms with E-state index in [4.69, 9.17) is 11.6 Å².